The van der Waals surface area contributed by atoms with Crippen molar-refractivity contribution in [1.29, 1.82) is 0 Å². The average Bonchev–Trinajstić information content (AvgIpc) is 2.47. The van der Waals surface area contributed by atoms with Crippen LogP contribution in [0.15, 0.2) is 24.3 Å². The molecule has 0 spiro atoms. The second kappa shape index (κ2) is 7.79. The first-order valence-electron chi connectivity index (χ1n) is 7.66. The highest BCUT2D eigenvalue weighted by Gasteiger charge is 2.12. The van der Waals surface area contributed by atoms with Crippen LogP contribution in [-0.4, -0.2) is 43.5 Å². The molecule has 1 aromatic carbocycles. The van der Waals surface area contributed by atoms with E-state index in [0.717, 1.165) is 18.7 Å². The fourth-order valence-corrected chi connectivity index (χ4v) is 2.75. The summed E-state index contributed by atoms with van der Waals surface area (Å²) in [5, 5.41) is 2.06. The Morgan fingerprint density at radius 2 is 1.82 bits per heavy atom. The molecule has 0 radical (unpaired) electrons. The smallest absolute Gasteiger partial charge is 0.318 e. The molecule has 0 aromatic heterocycles. The topological polar surface area (TPSA) is 78.7 Å². The lowest BCUT2D eigenvalue weighted by Crippen LogP contribution is -2.41. The summed E-state index contributed by atoms with van der Waals surface area (Å²) in [6.07, 6.45) is 3.85. The summed E-state index contributed by atoms with van der Waals surface area (Å²) in [6, 6.07) is 7.64. The van der Waals surface area contributed by atoms with Gasteiger partial charge in [-0.2, -0.15) is 0 Å². The summed E-state index contributed by atoms with van der Waals surface area (Å²) in [7, 11) is 1.83. The van der Waals surface area contributed by atoms with E-state index < -0.39 is 6.03 Å². The Morgan fingerprint density at radius 3 is 2.41 bits per heavy atom. The number of amides is 3. The maximum Gasteiger partial charge on any atom is 0.318 e. The zero-order valence-electron chi connectivity index (χ0n) is 13.0. The van der Waals surface area contributed by atoms with Crippen LogP contribution in [0.2, 0.25) is 0 Å². The SMILES string of the molecule is CN(CC(=O)NC(N)=O)Cc1ccc(N2CCCCC2)cc1. The van der Waals surface area contributed by atoms with Gasteiger partial charge in [0.15, 0.2) is 0 Å². The second-order valence-corrected chi connectivity index (χ2v) is 5.80. The Morgan fingerprint density at radius 1 is 1.18 bits per heavy atom. The van der Waals surface area contributed by atoms with E-state index in [1.807, 2.05) is 11.9 Å². The number of hydrogen-bond acceptors (Lipinski definition) is 4. The van der Waals surface area contributed by atoms with Gasteiger partial charge in [-0.1, -0.05) is 12.1 Å². The highest BCUT2D eigenvalue weighted by atomic mass is 16.2. The molecule has 1 fully saturated rings. The number of urea groups is 1. The van der Waals surface area contributed by atoms with Gasteiger partial charge in [0.2, 0.25) is 5.91 Å². The molecule has 1 aliphatic rings. The van der Waals surface area contributed by atoms with E-state index in [9.17, 15) is 9.59 Å². The predicted octanol–water partition coefficient (Wildman–Crippen LogP) is 1.30. The Labute approximate surface area is 131 Å². The van der Waals surface area contributed by atoms with Crippen molar-refractivity contribution in [2.24, 2.45) is 5.73 Å². The number of piperidine rings is 1. The summed E-state index contributed by atoms with van der Waals surface area (Å²) in [5.74, 6) is -0.389. The average molecular weight is 304 g/mol. The fourth-order valence-electron chi connectivity index (χ4n) is 2.75. The highest BCUT2D eigenvalue weighted by molar-refractivity contribution is 5.94. The van der Waals surface area contributed by atoms with Crippen molar-refractivity contribution in [3.8, 4) is 0 Å². The molecule has 3 N–H and O–H groups in total. The van der Waals surface area contributed by atoms with E-state index in [1.54, 1.807) is 0 Å². The minimum absolute atomic E-state index is 0.136. The first kappa shape index (κ1) is 16.3. The summed E-state index contributed by atoms with van der Waals surface area (Å²) in [6.45, 7) is 3.04. The summed E-state index contributed by atoms with van der Waals surface area (Å²) in [4.78, 5) is 26.3. The van der Waals surface area contributed by atoms with Crippen LogP contribution in [0.3, 0.4) is 0 Å². The van der Waals surface area contributed by atoms with Crippen LogP contribution in [0.1, 0.15) is 24.8 Å². The lowest BCUT2D eigenvalue weighted by atomic mass is 10.1. The van der Waals surface area contributed by atoms with E-state index in [-0.39, 0.29) is 12.5 Å². The Kier molecular flexibility index (Phi) is 5.77. The van der Waals surface area contributed by atoms with Crippen molar-refractivity contribution in [1.82, 2.24) is 10.2 Å². The van der Waals surface area contributed by atoms with Crippen molar-refractivity contribution >= 4 is 17.6 Å². The fraction of sp³-hybridized carbons (Fsp3) is 0.500. The van der Waals surface area contributed by atoms with Crippen LogP contribution < -0.4 is 16.0 Å². The van der Waals surface area contributed by atoms with Gasteiger partial charge in [-0.25, -0.2) is 4.79 Å². The van der Waals surface area contributed by atoms with Crippen LogP contribution in [0, 0.1) is 0 Å². The molecule has 0 bridgehead atoms. The number of nitrogens with zero attached hydrogens (tertiary/aromatic N) is 2. The number of benzene rings is 1. The van der Waals surface area contributed by atoms with E-state index in [0.29, 0.717) is 6.54 Å². The zero-order valence-corrected chi connectivity index (χ0v) is 13.0. The standard InChI is InChI=1S/C16H24N4O2/c1-19(12-15(21)18-16(17)22)11-13-5-7-14(8-6-13)20-9-3-2-4-10-20/h5-8H,2-4,9-12H2,1H3,(H3,17,18,21,22). The third-order valence-corrected chi connectivity index (χ3v) is 3.79. The van der Waals surface area contributed by atoms with Gasteiger partial charge in [0.25, 0.3) is 0 Å². The molecule has 1 aliphatic heterocycles. The number of nitrogens with two attached hydrogens (primary N) is 1. The Balaban J connectivity index is 1.85. The van der Waals surface area contributed by atoms with E-state index >= 15 is 0 Å². The highest BCUT2D eigenvalue weighted by Crippen LogP contribution is 2.20. The first-order valence-corrected chi connectivity index (χ1v) is 7.66. The number of rotatable bonds is 5. The van der Waals surface area contributed by atoms with Gasteiger partial charge in [-0.05, 0) is 44.0 Å². The quantitative estimate of drug-likeness (QED) is 0.859. The Bertz CT molecular complexity index is 509. The molecule has 0 aliphatic carbocycles. The molecular weight excluding hydrogens is 280 g/mol. The molecule has 0 saturated carbocycles. The maximum absolute atomic E-state index is 11.5. The molecule has 1 aromatic rings. The molecule has 0 atom stereocenters. The van der Waals surface area contributed by atoms with Crippen LogP contribution in [0.4, 0.5) is 10.5 Å². The van der Waals surface area contributed by atoms with Crippen molar-refractivity contribution in [3.05, 3.63) is 29.8 Å². The van der Waals surface area contributed by atoms with Gasteiger partial charge in [0.05, 0.1) is 6.54 Å². The molecule has 0 unspecified atom stereocenters. The largest absolute Gasteiger partial charge is 0.372 e. The lowest BCUT2D eigenvalue weighted by molar-refractivity contribution is -0.120. The normalized spacial score (nSPS) is 14.9. The number of carbonyl (C=O) groups is 2. The molecule has 3 amide bonds. The molecule has 6 heteroatoms. The van der Waals surface area contributed by atoms with Gasteiger partial charge >= 0.3 is 6.03 Å². The maximum atomic E-state index is 11.5. The van der Waals surface area contributed by atoms with Crippen LogP contribution in [0.5, 0.6) is 0 Å². The van der Waals surface area contributed by atoms with Gasteiger partial charge in [-0.15, -0.1) is 0 Å². The van der Waals surface area contributed by atoms with Crippen LogP contribution in [-0.2, 0) is 11.3 Å². The number of nitrogens with one attached hydrogen (secondary N) is 1. The van der Waals surface area contributed by atoms with Gasteiger partial charge in [-0.3, -0.25) is 15.0 Å². The number of likely N-dealkylation sites (N-methyl/N-ethyl adjacent to an activating group) is 1. The molecule has 1 saturated heterocycles. The minimum atomic E-state index is -0.815. The number of carbonyl (C=O) groups excluding carboxylic acids is 2. The van der Waals surface area contributed by atoms with Gasteiger partial charge in [0.1, 0.15) is 0 Å². The Hall–Kier alpha value is -2.08. The van der Waals surface area contributed by atoms with Crippen molar-refractivity contribution in [2.75, 3.05) is 31.6 Å². The molecule has 2 rings (SSSR count). The van der Waals surface area contributed by atoms with E-state index in [1.165, 1.54) is 24.9 Å². The van der Waals surface area contributed by atoms with Gasteiger partial charge < -0.3 is 10.6 Å². The number of imide groups is 1. The van der Waals surface area contributed by atoms with Crippen LogP contribution >= 0.6 is 0 Å². The number of hydrogen-bond donors (Lipinski definition) is 2. The third kappa shape index (κ3) is 5.04. The molecule has 22 heavy (non-hydrogen) atoms. The third-order valence-electron chi connectivity index (χ3n) is 3.79. The zero-order chi connectivity index (χ0) is 15.9. The van der Waals surface area contributed by atoms with E-state index in [4.69, 9.17) is 5.73 Å². The van der Waals surface area contributed by atoms with Crippen molar-refractivity contribution in [2.45, 2.75) is 25.8 Å². The number of primary amides is 1. The monoisotopic (exact) mass is 304 g/mol. The van der Waals surface area contributed by atoms with Gasteiger partial charge in [0, 0.05) is 25.3 Å². The van der Waals surface area contributed by atoms with Crippen molar-refractivity contribution in [3.63, 3.8) is 0 Å². The summed E-state index contributed by atoms with van der Waals surface area (Å²) < 4.78 is 0. The molecule has 120 valence electrons. The number of anilines is 1. The van der Waals surface area contributed by atoms with Crippen LogP contribution in [0.25, 0.3) is 0 Å². The minimum Gasteiger partial charge on any atom is -0.372 e. The lowest BCUT2D eigenvalue weighted by Gasteiger charge is -2.29. The summed E-state index contributed by atoms with van der Waals surface area (Å²) in [5.41, 5.74) is 7.31. The molecular formula is C16H24N4O2. The molecule has 1 heterocycles. The van der Waals surface area contributed by atoms with E-state index in [2.05, 4.69) is 34.5 Å². The second-order valence-electron chi connectivity index (χ2n) is 5.80. The van der Waals surface area contributed by atoms with Crippen molar-refractivity contribution < 1.29 is 9.59 Å². The predicted molar refractivity (Wildman–Crippen MR) is 86.6 cm³/mol. The first-order chi connectivity index (χ1) is 10.5. The molecule has 6 nitrogen and oxygen atoms in total. The summed E-state index contributed by atoms with van der Waals surface area (Å²) >= 11 is 0.